The van der Waals surface area contributed by atoms with Crippen molar-refractivity contribution in [3.8, 4) is 0 Å². The lowest BCUT2D eigenvalue weighted by Gasteiger charge is -2.25. The van der Waals surface area contributed by atoms with Crippen molar-refractivity contribution in [3.63, 3.8) is 0 Å². The van der Waals surface area contributed by atoms with E-state index in [-0.39, 0.29) is 17.4 Å². The standard InChI is InChI=1S/C10H15N5O3/c1-14(2)9(16)6-4-3-5-15(6)10(17)7-8(11)13-18-12-7/h6H,3-5H2,1-2H3,(H2,11,13). The number of likely N-dealkylation sites (N-methyl/N-ethyl adjacent to an activating group) is 1. The Morgan fingerprint density at radius 1 is 1.44 bits per heavy atom. The van der Waals surface area contributed by atoms with Gasteiger partial charge in [-0.2, -0.15) is 0 Å². The van der Waals surface area contributed by atoms with Crippen molar-refractivity contribution in [2.75, 3.05) is 26.4 Å². The monoisotopic (exact) mass is 253 g/mol. The smallest absolute Gasteiger partial charge is 0.280 e. The van der Waals surface area contributed by atoms with Crippen LogP contribution in [0.4, 0.5) is 5.82 Å². The average Bonchev–Trinajstić information content (AvgIpc) is 2.95. The van der Waals surface area contributed by atoms with Crippen LogP contribution in [0.3, 0.4) is 0 Å². The SMILES string of the molecule is CN(C)C(=O)C1CCCN1C(=O)c1nonc1N. The van der Waals surface area contributed by atoms with E-state index in [1.54, 1.807) is 14.1 Å². The minimum Gasteiger partial charge on any atom is -0.379 e. The van der Waals surface area contributed by atoms with Crippen LogP contribution in [0.25, 0.3) is 0 Å². The van der Waals surface area contributed by atoms with E-state index >= 15 is 0 Å². The molecule has 0 radical (unpaired) electrons. The summed E-state index contributed by atoms with van der Waals surface area (Å²) in [7, 11) is 3.32. The molecule has 1 unspecified atom stereocenters. The third kappa shape index (κ3) is 2.01. The van der Waals surface area contributed by atoms with E-state index < -0.39 is 11.9 Å². The van der Waals surface area contributed by atoms with Crippen molar-refractivity contribution in [3.05, 3.63) is 5.69 Å². The van der Waals surface area contributed by atoms with E-state index in [1.807, 2.05) is 0 Å². The van der Waals surface area contributed by atoms with Crippen LogP contribution in [0, 0.1) is 0 Å². The van der Waals surface area contributed by atoms with Gasteiger partial charge in [0.05, 0.1) is 0 Å². The Kier molecular flexibility index (Phi) is 3.17. The second kappa shape index (κ2) is 4.63. The molecule has 1 atom stereocenters. The van der Waals surface area contributed by atoms with Crippen LogP contribution in [0.2, 0.25) is 0 Å². The van der Waals surface area contributed by atoms with Gasteiger partial charge < -0.3 is 15.5 Å². The molecule has 0 saturated carbocycles. The van der Waals surface area contributed by atoms with Gasteiger partial charge in [-0.1, -0.05) is 0 Å². The number of carbonyl (C=O) groups excluding carboxylic acids is 2. The Morgan fingerprint density at radius 2 is 2.17 bits per heavy atom. The van der Waals surface area contributed by atoms with E-state index in [9.17, 15) is 9.59 Å². The molecule has 1 saturated heterocycles. The molecule has 1 aliphatic rings. The predicted octanol–water partition coefficient (Wildman–Crippen LogP) is -0.655. The number of rotatable bonds is 2. The molecule has 0 bridgehead atoms. The summed E-state index contributed by atoms with van der Waals surface area (Å²) in [4.78, 5) is 27.1. The van der Waals surface area contributed by atoms with Gasteiger partial charge in [0.15, 0.2) is 0 Å². The highest BCUT2D eigenvalue weighted by Crippen LogP contribution is 2.22. The van der Waals surface area contributed by atoms with Gasteiger partial charge in [-0.3, -0.25) is 9.59 Å². The Labute approximate surface area is 104 Å². The summed E-state index contributed by atoms with van der Waals surface area (Å²) in [5.41, 5.74) is 5.45. The molecule has 98 valence electrons. The number of hydrogen-bond donors (Lipinski definition) is 1. The number of hydrogen-bond acceptors (Lipinski definition) is 6. The zero-order valence-electron chi connectivity index (χ0n) is 10.3. The fourth-order valence-corrected chi connectivity index (χ4v) is 2.04. The predicted molar refractivity (Wildman–Crippen MR) is 61.5 cm³/mol. The number of carbonyl (C=O) groups is 2. The molecular weight excluding hydrogens is 238 g/mol. The van der Waals surface area contributed by atoms with Gasteiger partial charge in [0.2, 0.25) is 17.4 Å². The van der Waals surface area contributed by atoms with E-state index in [0.717, 1.165) is 6.42 Å². The van der Waals surface area contributed by atoms with Gasteiger partial charge in [-0.15, -0.1) is 0 Å². The number of aromatic nitrogens is 2. The summed E-state index contributed by atoms with van der Waals surface area (Å²) in [6.07, 6.45) is 1.43. The second-order valence-electron chi connectivity index (χ2n) is 4.39. The number of likely N-dealkylation sites (tertiary alicyclic amines) is 1. The number of nitrogens with two attached hydrogens (primary N) is 1. The van der Waals surface area contributed by atoms with Crippen LogP contribution in [0.15, 0.2) is 4.63 Å². The van der Waals surface area contributed by atoms with Gasteiger partial charge in [-0.25, -0.2) is 4.63 Å². The fraction of sp³-hybridized carbons (Fsp3) is 0.600. The Bertz CT molecular complexity index is 470. The molecule has 1 aliphatic heterocycles. The third-order valence-electron chi connectivity index (χ3n) is 2.96. The summed E-state index contributed by atoms with van der Waals surface area (Å²) < 4.78 is 4.40. The molecule has 1 fully saturated rings. The molecule has 2 amide bonds. The van der Waals surface area contributed by atoms with Crippen LogP contribution < -0.4 is 5.73 Å². The largest absolute Gasteiger partial charge is 0.379 e. The third-order valence-corrected chi connectivity index (χ3v) is 2.96. The van der Waals surface area contributed by atoms with Crippen molar-refractivity contribution < 1.29 is 14.2 Å². The van der Waals surface area contributed by atoms with Gasteiger partial charge >= 0.3 is 0 Å². The maximum absolute atomic E-state index is 12.2. The molecule has 0 aromatic carbocycles. The first-order valence-corrected chi connectivity index (χ1v) is 5.62. The molecule has 2 N–H and O–H groups in total. The number of amides is 2. The summed E-state index contributed by atoms with van der Waals surface area (Å²) in [6, 6.07) is -0.455. The molecule has 8 nitrogen and oxygen atoms in total. The van der Waals surface area contributed by atoms with Gasteiger partial charge in [0.25, 0.3) is 5.91 Å². The molecule has 2 heterocycles. The van der Waals surface area contributed by atoms with Crippen molar-refractivity contribution in [1.29, 1.82) is 0 Å². The second-order valence-corrected chi connectivity index (χ2v) is 4.39. The molecule has 18 heavy (non-hydrogen) atoms. The summed E-state index contributed by atoms with van der Waals surface area (Å²) in [5.74, 6) is -0.565. The van der Waals surface area contributed by atoms with Crippen molar-refractivity contribution >= 4 is 17.6 Å². The lowest BCUT2D eigenvalue weighted by Crippen LogP contribution is -2.45. The maximum atomic E-state index is 12.2. The zero-order valence-corrected chi connectivity index (χ0v) is 10.3. The summed E-state index contributed by atoms with van der Waals surface area (Å²) in [5, 5.41) is 6.83. The lowest BCUT2D eigenvalue weighted by molar-refractivity contribution is -0.132. The van der Waals surface area contributed by atoms with Crippen LogP contribution >= 0.6 is 0 Å². The first-order chi connectivity index (χ1) is 8.52. The van der Waals surface area contributed by atoms with Crippen molar-refractivity contribution in [1.82, 2.24) is 20.1 Å². The topological polar surface area (TPSA) is 106 Å². The molecule has 2 rings (SSSR count). The first-order valence-electron chi connectivity index (χ1n) is 5.62. The van der Waals surface area contributed by atoms with Crippen LogP contribution in [0.1, 0.15) is 23.3 Å². The van der Waals surface area contributed by atoms with Crippen molar-refractivity contribution in [2.45, 2.75) is 18.9 Å². The van der Waals surface area contributed by atoms with Crippen LogP contribution in [-0.4, -0.2) is 58.6 Å². The number of anilines is 1. The van der Waals surface area contributed by atoms with Gasteiger partial charge in [-0.05, 0) is 23.2 Å². The highest BCUT2D eigenvalue weighted by Gasteiger charge is 2.37. The lowest BCUT2D eigenvalue weighted by atomic mass is 10.2. The molecule has 1 aromatic heterocycles. The van der Waals surface area contributed by atoms with E-state index in [2.05, 4.69) is 14.9 Å². The molecule has 1 aromatic rings. The maximum Gasteiger partial charge on any atom is 0.280 e. The Morgan fingerprint density at radius 3 is 2.72 bits per heavy atom. The van der Waals surface area contributed by atoms with Crippen molar-refractivity contribution in [2.24, 2.45) is 0 Å². The molecular formula is C10H15N5O3. The zero-order chi connectivity index (χ0) is 13.3. The van der Waals surface area contributed by atoms with E-state index in [4.69, 9.17) is 5.73 Å². The normalized spacial score (nSPS) is 19.0. The quantitative estimate of drug-likeness (QED) is 0.750. The van der Waals surface area contributed by atoms with Crippen LogP contribution in [0.5, 0.6) is 0 Å². The van der Waals surface area contributed by atoms with Crippen LogP contribution in [-0.2, 0) is 4.79 Å². The molecule has 0 aliphatic carbocycles. The minimum atomic E-state index is -0.455. The Balaban J connectivity index is 2.20. The highest BCUT2D eigenvalue weighted by molar-refractivity contribution is 5.99. The van der Waals surface area contributed by atoms with E-state index in [1.165, 1.54) is 9.80 Å². The van der Waals surface area contributed by atoms with Gasteiger partial charge in [0, 0.05) is 20.6 Å². The highest BCUT2D eigenvalue weighted by atomic mass is 16.6. The number of nitrogens with zero attached hydrogens (tertiary/aromatic N) is 4. The number of nitrogen functional groups attached to an aromatic ring is 1. The molecule has 0 spiro atoms. The summed E-state index contributed by atoms with van der Waals surface area (Å²) >= 11 is 0. The van der Waals surface area contributed by atoms with E-state index in [0.29, 0.717) is 13.0 Å². The average molecular weight is 253 g/mol. The van der Waals surface area contributed by atoms with Gasteiger partial charge in [0.1, 0.15) is 6.04 Å². The fourth-order valence-electron chi connectivity index (χ4n) is 2.04. The first kappa shape index (κ1) is 12.3. The Hall–Kier alpha value is -2.12. The summed E-state index contributed by atoms with van der Waals surface area (Å²) in [6.45, 7) is 0.509. The molecule has 8 heteroatoms. The minimum absolute atomic E-state index is 0.0338.